The maximum atomic E-state index is 13.7. The second-order valence-electron chi connectivity index (χ2n) is 4.32. The molecular formula is C11H15FN4O2S. The van der Waals surface area contributed by atoms with Gasteiger partial charge in [-0.15, -0.1) is 0 Å². The molecule has 0 aromatic heterocycles. The summed E-state index contributed by atoms with van der Waals surface area (Å²) in [7, 11) is -3.71. The third kappa shape index (κ3) is 3.02. The first-order chi connectivity index (χ1) is 8.90. The van der Waals surface area contributed by atoms with Crippen molar-refractivity contribution in [2.75, 3.05) is 17.8 Å². The van der Waals surface area contributed by atoms with Crippen LogP contribution in [0.3, 0.4) is 0 Å². The van der Waals surface area contributed by atoms with Crippen molar-refractivity contribution in [3.8, 4) is 0 Å². The Labute approximate surface area is 111 Å². The molecule has 1 aromatic rings. The highest BCUT2D eigenvalue weighted by molar-refractivity contribution is 7.90. The summed E-state index contributed by atoms with van der Waals surface area (Å²) in [5.41, 5.74) is 5.30. The number of amidine groups is 1. The van der Waals surface area contributed by atoms with Crippen molar-refractivity contribution in [2.24, 2.45) is 5.73 Å². The van der Waals surface area contributed by atoms with Crippen molar-refractivity contribution >= 4 is 21.7 Å². The minimum atomic E-state index is -3.71. The van der Waals surface area contributed by atoms with Gasteiger partial charge in [0.25, 0.3) is 0 Å². The first kappa shape index (κ1) is 13.8. The van der Waals surface area contributed by atoms with Crippen molar-refractivity contribution in [2.45, 2.75) is 12.8 Å². The van der Waals surface area contributed by atoms with Crippen LogP contribution in [0, 0.1) is 11.2 Å². The normalized spacial score (nSPS) is 16.5. The van der Waals surface area contributed by atoms with E-state index in [4.69, 9.17) is 11.1 Å². The van der Waals surface area contributed by atoms with Gasteiger partial charge in [-0.3, -0.25) is 10.1 Å². The Hall–Kier alpha value is -1.67. The van der Waals surface area contributed by atoms with Crippen LogP contribution in [0.4, 0.5) is 10.1 Å². The zero-order chi connectivity index (χ0) is 14.0. The number of nitrogens with one attached hydrogen (secondary N) is 2. The first-order valence-electron chi connectivity index (χ1n) is 5.82. The van der Waals surface area contributed by atoms with E-state index in [1.807, 2.05) is 0 Å². The number of nitrogen functional groups attached to an aromatic ring is 1. The maximum Gasteiger partial charge on any atom is 0.301 e. The standard InChI is InChI=1S/C11H15FN4O2S/c12-9-7-8(11(13)14)3-4-10(9)15-19(17,18)16-5-1-2-6-16/h3-4,7,15H,1-2,5-6H2,(H3,13,14). The molecular weight excluding hydrogens is 271 g/mol. The van der Waals surface area contributed by atoms with Crippen molar-refractivity contribution < 1.29 is 12.8 Å². The summed E-state index contributed by atoms with van der Waals surface area (Å²) in [5, 5.41) is 7.18. The van der Waals surface area contributed by atoms with E-state index in [1.54, 1.807) is 0 Å². The predicted octanol–water partition coefficient (Wildman–Crippen LogP) is 0.862. The molecule has 4 N–H and O–H groups in total. The number of hydrogen-bond acceptors (Lipinski definition) is 3. The van der Waals surface area contributed by atoms with Gasteiger partial charge in [0.05, 0.1) is 5.69 Å². The average Bonchev–Trinajstić information content (AvgIpc) is 2.85. The van der Waals surface area contributed by atoms with Gasteiger partial charge in [0.1, 0.15) is 11.7 Å². The van der Waals surface area contributed by atoms with Gasteiger partial charge in [0, 0.05) is 18.7 Å². The number of anilines is 1. The van der Waals surface area contributed by atoms with Crippen LogP contribution in [0.25, 0.3) is 0 Å². The van der Waals surface area contributed by atoms with Gasteiger partial charge in [0.15, 0.2) is 0 Å². The van der Waals surface area contributed by atoms with Gasteiger partial charge in [-0.05, 0) is 31.0 Å². The first-order valence-corrected chi connectivity index (χ1v) is 7.26. The van der Waals surface area contributed by atoms with Gasteiger partial charge < -0.3 is 5.73 Å². The molecule has 0 unspecified atom stereocenters. The number of benzene rings is 1. The number of nitrogens with zero attached hydrogens (tertiary/aromatic N) is 1. The zero-order valence-electron chi connectivity index (χ0n) is 10.2. The van der Waals surface area contributed by atoms with Gasteiger partial charge in [0.2, 0.25) is 0 Å². The molecule has 0 amide bonds. The highest BCUT2D eigenvalue weighted by Crippen LogP contribution is 2.20. The van der Waals surface area contributed by atoms with Gasteiger partial charge in [-0.2, -0.15) is 12.7 Å². The fraction of sp³-hybridized carbons (Fsp3) is 0.364. The molecule has 1 heterocycles. The second kappa shape index (κ2) is 5.14. The lowest BCUT2D eigenvalue weighted by atomic mass is 10.2. The maximum absolute atomic E-state index is 13.7. The lowest BCUT2D eigenvalue weighted by molar-refractivity contribution is 0.482. The third-order valence-electron chi connectivity index (χ3n) is 2.92. The summed E-state index contributed by atoms with van der Waals surface area (Å²) in [6.07, 6.45) is 1.62. The molecule has 0 atom stereocenters. The van der Waals surface area contributed by atoms with E-state index in [2.05, 4.69) is 4.72 Å². The third-order valence-corrected chi connectivity index (χ3v) is 4.45. The van der Waals surface area contributed by atoms with Crippen LogP contribution in [-0.4, -0.2) is 31.6 Å². The molecule has 8 heteroatoms. The molecule has 0 saturated carbocycles. The van der Waals surface area contributed by atoms with Crippen LogP contribution in [-0.2, 0) is 10.2 Å². The number of hydrogen-bond donors (Lipinski definition) is 3. The van der Waals surface area contributed by atoms with Gasteiger partial charge in [-0.1, -0.05) is 0 Å². The molecule has 1 aliphatic heterocycles. The average molecular weight is 286 g/mol. The summed E-state index contributed by atoms with van der Waals surface area (Å²) in [6.45, 7) is 0.894. The summed E-state index contributed by atoms with van der Waals surface area (Å²) in [6, 6.07) is 3.69. The molecule has 2 rings (SSSR count). The molecule has 0 radical (unpaired) electrons. The largest absolute Gasteiger partial charge is 0.384 e. The summed E-state index contributed by atoms with van der Waals surface area (Å²) < 4.78 is 41.1. The number of rotatable bonds is 4. The molecule has 1 aromatic carbocycles. The Morgan fingerprint density at radius 3 is 2.53 bits per heavy atom. The second-order valence-corrected chi connectivity index (χ2v) is 5.99. The Kier molecular flexibility index (Phi) is 3.72. The van der Waals surface area contributed by atoms with Crippen LogP contribution in [0.5, 0.6) is 0 Å². The van der Waals surface area contributed by atoms with Crippen molar-refractivity contribution in [1.29, 1.82) is 5.41 Å². The van der Waals surface area contributed by atoms with Crippen LogP contribution < -0.4 is 10.5 Å². The highest BCUT2D eigenvalue weighted by atomic mass is 32.2. The molecule has 104 valence electrons. The topological polar surface area (TPSA) is 99.3 Å². The van der Waals surface area contributed by atoms with E-state index in [0.717, 1.165) is 18.9 Å². The molecule has 0 bridgehead atoms. The zero-order valence-corrected chi connectivity index (χ0v) is 11.0. The number of halogens is 1. The summed E-state index contributed by atoms with van der Waals surface area (Å²) in [4.78, 5) is 0. The van der Waals surface area contributed by atoms with E-state index in [9.17, 15) is 12.8 Å². The lowest BCUT2D eigenvalue weighted by Crippen LogP contribution is -2.33. The molecule has 1 aliphatic rings. The molecule has 1 fully saturated rings. The monoisotopic (exact) mass is 286 g/mol. The summed E-state index contributed by atoms with van der Waals surface area (Å²) >= 11 is 0. The quantitative estimate of drug-likeness (QED) is 0.565. The van der Waals surface area contributed by atoms with Gasteiger partial charge in [-0.25, -0.2) is 4.39 Å². The molecule has 19 heavy (non-hydrogen) atoms. The molecule has 0 spiro atoms. The Bertz CT molecular complexity index is 597. The predicted molar refractivity (Wildman–Crippen MR) is 70.8 cm³/mol. The minimum Gasteiger partial charge on any atom is -0.384 e. The van der Waals surface area contributed by atoms with E-state index in [1.165, 1.54) is 16.4 Å². The molecule has 1 saturated heterocycles. The van der Waals surface area contributed by atoms with Crippen molar-refractivity contribution in [1.82, 2.24) is 4.31 Å². The van der Waals surface area contributed by atoms with E-state index in [-0.39, 0.29) is 17.1 Å². The Balaban J connectivity index is 2.21. The smallest absolute Gasteiger partial charge is 0.301 e. The van der Waals surface area contributed by atoms with Crippen LogP contribution in [0.2, 0.25) is 0 Å². The fourth-order valence-corrected chi connectivity index (χ4v) is 3.21. The summed E-state index contributed by atoms with van der Waals surface area (Å²) in [5.74, 6) is -1.02. The van der Waals surface area contributed by atoms with Gasteiger partial charge >= 0.3 is 10.2 Å². The van der Waals surface area contributed by atoms with Crippen LogP contribution in [0.1, 0.15) is 18.4 Å². The Morgan fingerprint density at radius 2 is 2.00 bits per heavy atom. The Morgan fingerprint density at radius 1 is 1.37 bits per heavy atom. The SMILES string of the molecule is N=C(N)c1ccc(NS(=O)(=O)N2CCCC2)c(F)c1. The van der Waals surface area contributed by atoms with Crippen LogP contribution >= 0.6 is 0 Å². The highest BCUT2D eigenvalue weighted by Gasteiger charge is 2.25. The molecule has 0 aliphatic carbocycles. The fourth-order valence-electron chi connectivity index (χ4n) is 1.90. The van der Waals surface area contributed by atoms with E-state index < -0.39 is 16.0 Å². The van der Waals surface area contributed by atoms with Crippen molar-refractivity contribution in [3.63, 3.8) is 0 Å². The lowest BCUT2D eigenvalue weighted by Gasteiger charge is -2.17. The van der Waals surface area contributed by atoms with E-state index >= 15 is 0 Å². The molecule has 6 nitrogen and oxygen atoms in total. The van der Waals surface area contributed by atoms with Crippen LogP contribution in [0.15, 0.2) is 18.2 Å². The van der Waals surface area contributed by atoms with Crippen molar-refractivity contribution in [3.05, 3.63) is 29.6 Å². The number of nitrogens with two attached hydrogens (primary N) is 1. The minimum absolute atomic E-state index is 0.142. The van der Waals surface area contributed by atoms with E-state index in [0.29, 0.717) is 13.1 Å².